The molecule has 0 saturated carbocycles. The molecule has 1 heterocycles. The number of benzene rings is 1. The molecule has 0 aliphatic carbocycles. The summed E-state index contributed by atoms with van der Waals surface area (Å²) in [5, 5.41) is 4.11. The fourth-order valence-electron chi connectivity index (χ4n) is 2.01. The summed E-state index contributed by atoms with van der Waals surface area (Å²) in [5.74, 6) is 0. The molecule has 0 unspecified atom stereocenters. The van der Waals surface area contributed by atoms with Gasteiger partial charge in [-0.1, -0.05) is 17.2 Å². The highest BCUT2D eigenvalue weighted by Crippen LogP contribution is 2.24. The zero-order valence-electron chi connectivity index (χ0n) is 9.69. The van der Waals surface area contributed by atoms with Gasteiger partial charge in [-0.25, -0.2) is 0 Å². The predicted octanol–water partition coefficient (Wildman–Crippen LogP) is 2.52. The summed E-state index contributed by atoms with van der Waals surface area (Å²) < 4.78 is 1.73. The Balaban J connectivity index is 2.66. The van der Waals surface area contributed by atoms with E-state index < -0.39 is 0 Å². The Morgan fingerprint density at radius 2 is 1.81 bits per heavy atom. The fourth-order valence-corrected chi connectivity index (χ4v) is 2.01. The molecule has 0 fully saturated rings. The minimum Gasteiger partial charge on any atom is -0.298 e. The predicted molar refractivity (Wildman–Crippen MR) is 63.5 cm³/mol. The first kappa shape index (κ1) is 10.6. The first-order valence-corrected chi connectivity index (χ1v) is 5.17. The zero-order chi connectivity index (χ0) is 11.7. The number of aldehydes is 1. The van der Waals surface area contributed by atoms with Crippen LogP contribution in [0.15, 0.2) is 24.4 Å². The third-order valence-corrected chi connectivity index (χ3v) is 2.59. The fraction of sp³-hybridized carbons (Fsp3) is 0.231. The number of carbonyl (C=O) groups is 1. The Hall–Kier alpha value is -1.90. The molecule has 0 N–H and O–H groups in total. The molecular formula is C13H14N2O. The average Bonchev–Trinajstić information content (AvgIpc) is 2.58. The van der Waals surface area contributed by atoms with E-state index in [2.05, 4.69) is 23.3 Å². The Labute approximate surface area is 94.7 Å². The van der Waals surface area contributed by atoms with Gasteiger partial charge < -0.3 is 0 Å². The Kier molecular flexibility index (Phi) is 2.60. The number of aryl methyl sites for hydroxylation is 3. The Morgan fingerprint density at radius 1 is 1.19 bits per heavy atom. The molecule has 0 aliphatic heterocycles. The SMILES string of the molecule is Cc1cc(C)cc(-c2c(C=O)cnn2C)c1. The topological polar surface area (TPSA) is 34.9 Å². The molecule has 3 nitrogen and oxygen atoms in total. The minimum absolute atomic E-state index is 0.632. The maximum atomic E-state index is 10.9. The van der Waals surface area contributed by atoms with E-state index in [0.29, 0.717) is 5.56 Å². The standard InChI is InChI=1S/C13H14N2O/c1-9-4-10(2)6-11(5-9)13-12(8-16)7-14-15(13)3/h4-8H,1-3H3. The third kappa shape index (κ3) is 1.76. The summed E-state index contributed by atoms with van der Waals surface area (Å²) in [7, 11) is 1.85. The lowest BCUT2D eigenvalue weighted by molar-refractivity contribution is 0.112. The Morgan fingerprint density at radius 3 is 2.38 bits per heavy atom. The lowest BCUT2D eigenvalue weighted by atomic mass is 10.0. The first-order chi connectivity index (χ1) is 7.61. The van der Waals surface area contributed by atoms with Crippen LogP contribution in [0.3, 0.4) is 0 Å². The zero-order valence-corrected chi connectivity index (χ0v) is 9.69. The second-order valence-electron chi connectivity index (χ2n) is 4.07. The van der Waals surface area contributed by atoms with Gasteiger partial charge in [0.2, 0.25) is 0 Å². The van der Waals surface area contributed by atoms with Crippen LogP contribution >= 0.6 is 0 Å². The summed E-state index contributed by atoms with van der Waals surface area (Å²) >= 11 is 0. The molecule has 0 spiro atoms. The molecule has 3 heteroatoms. The molecule has 0 bridgehead atoms. The van der Waals surface area contributed by atoms with Gasteiger partial charge in [0.25, 0.3) is 0 Å². The molecule has 1 aromatic heterocycles. The monoisotopic (exact) mass is 214 g/mol. The molecule has 1 aromatic carbocycles. The molecule has 0 aliphatic rings. The number of hydrogen-bond acceptors (Lipinski definition) is 2. The van der Waals surface area contributed by atoms with Gasteiger partial charge in [-0.2, -0.15) is 5.10 Å². The van der Waals surface area contributed by atoms with Gasteiger partial charge in [0, 0.05) is 12.6 Å². The summed E-state index contributed by atoms with van der Waals surface area (Å²) in [4.78, 5) is 10.9. The van der Waals surface area contributed by atoms with Crippen LogP contribution in [0.5, 0.6) is 0 Å². The van der Waals surface area contributed by atoms with Crippen LogP contribution in [0.25, 0.3) is 11.3 Å². The second-order valence-corrected chi connectivity index (χ2v) is 4.07. The van der Waals surface area contributed by atoms with E-state index in [-0.39, 0.29) is 0 Å². The van der Waals surface area contributed by atoms with Crippen molar-refractivity contribution in [3.63, 3.8) is 0 Å². The molecule has 16 heavy (non-hydrogen) atoms. The van der Waals surface area contributed by atoms with Crippen LogP contribution in [0, 0.1) is 13.8 Å². The normalized spacial score (nSPS) is 10.4. The number of aromatic nitrogens is 2. The van der Waals surface area contributed by atoms with Crippen LogP contribution < -0.4 is 0 Å². The lowest BCUT2D eigenvalue weighted by Gasteiger charge is -2.06. The van der Waals surface area contributed by atoms with Crippen molar-refractivity contribution in [3.05, 3.63) is 41.1 Å². The number of rotatable bonds is 2. The number of hydrogen-bond donors (Lipinski definition) is 0. The number of nitrogens with zero attached hydrogens (tertiary/aromatic N) is 2. The van der Waals surface area contributed by atoms with Gasteiger partial charge in [0.1, 0.15) is 0 Å². The van der Waals surface area contributed by atoms with Crippen molar-refractivity contribution in [2.75, 3.05) is 0 Å². The summed E-state index contributed by atoms with van der Waals surface area (Å²) in [6, 6.07) is 6.24. The highest BCUT2D eigenvalue weighted by molar-refractivity contribution is 5.85. The van der Waals surface area contributed by atoms with Crippen molar-refractivity contribution in [1.82, 2.24) is 9.78 Å². The molecule has 2 aromatic rings. The van der Waals surface area contributed by atoms with Crippen LogP contribution in [-0.2, 0) is 7.05 Å². The quantitative estimate of drug-likeness (QED) is 0.720. The average molecular weight is 214 g/mol. The van der Waals surface area contributed by atoms with Gasteiger partial charge >= 0.3 is 0 Å². The van der Waals surface area contributed by atoms with Gasteiger partial charge in [-0.15, -0.1) is 0 Å². The van der Waals surface area contributed by atoms with Crippen molar-refractivity contribution < 1.29 is 4.79 Å². The van der Waals surface area contributed by atoms with E-state index in [0.717, 1.165) is 17.5 Å². The van der Waals surface area contributed by atoms with Crippen LogP contribution in [0.2, 0.25) is 0 Å². The maximum Gasteiger partial charge on any atom is 0.153 e. The van der Waals surface area contributed by atoms with E-state index >= 15 is 0 Å². The van der Waals surface area contributed by atoms with E-state index in [1.807, 2.05) is 20.9 Å². The van der Waals surface area contributed by atoms with E-state index in [1.54, 1.807) is 10.9 Å². The largest absolute Gasteiger partial charge is 0.298 e. The van der Waals surface area contributed by atoms with E-state index in [4.69, 9.17) is 0 Å². The van der Waals surface area contributed by atoms with E-state index in [1.165, 1.54) is 11.1 Å². The smallest absolute Gasteiger partial charge is 0.153 e. The highest BCUT2D eigenvalue weighted by Gasteiger charge is 2.10. The van der Waals surface area contributed by atoms with Gasteiger partial charge in [0.15, 0.2) is 6.29 Å². The summed E-state index contributed by atoms with van der Waals surface area (Å²) in [5.41, 5.74) is 4.93. The van der Waals surface area contributed by atoms with Crippen molar-refractivity contribution in [3.8, 4) is 11.3 Å². The highest BCUT2D eigenvalue weighted by atomic mass is 16.1. The van der Waals surface area contributed by atoms with Crippen molar-refractivity contribution in [2.24, 2.45) is 7.05 Å². The molecule has 0 saturated heterocycles. The molecule has 0 amide bonds. The molecule has 82 valence electrons. The lowest BCUT2D eigenvalue weighted by Crippen LogP contribution is -1.96. The second kappa shape index (κ2) is 3.93. The molecule has 0 radical (unpaired) electrons. The molecule has 2 rings (SSSR count). The maximum absolute atomic E-state index is 10.9. The number of carbonyl (C=O) groups excluding carboxylic acids is 1. The van der Waals surface area contributed by atoms with Crippen LogP contribution in [0.4, 0.5) is 0 Å². The molecule has 0 atom stereocenters. The minimum atomic E-state index is 0.632. The molecular weight excluding hydrogens is 200 g/mol. The Bertz CT molecular complexity index is 521. The summed E-state index contributed by atoms with van der Waals surface area (Å²) in [6.07, 6.45) is 2.44. The van der Waals surface area contributed by atoms with Gasteiger partial charge in [-0.3, -0.25) is 9.48 Å². The third-order valence-electron chi connectivity index (χ3n) is 2.59. The van der Waals surface area contributed by atoms with Crippen LogP contribution in [-0.4, -0.2) is 16.1 Å². The summed E-state index contributed by atoms with van der Waals surface area (Å²) in [6.45, 7) is 4.10. The van der Waals surface area contributed by atoms with Gasteiger partial charge in [0.05, 0.1) is 17.5 Å². The van der Waals surface area contributed by atoms with Crippen molar-refractivity contribution >= 4 is 6.29 Å². The van der Waals surface area contributed by atoms with Crippen LogP contribution in [0.1, 0.15) is 21.5 Å². The van der Waals surface area contributed by atoms with E-state index in [9.17, 15) is 4.79 Å². The van der Waals surface area contributed by atoms with Crippen molar-refractivity contribution in [2.45, 2.75) is 13.8 Å². The van der Waals surface area contributed by atoms with Crippen molar-refractivity contribution in [1.29, 1.82) is 0 Å². The first-order valence-electron chi connectivity index (χ1n) is 5.17. The van der Waals surface area contributed by atoms with Gasteiger partial charge in [-0.05, 0) is 26.0 Å².